The molecule has 0 aliphatic rings. The molecule has 0 aliphatic heterocycles. The van der Waals surface area contributed by atoms with Gasteiger partial charge in [0.05, 0.1) is 0 Å². The van der Waals surface area contributed by atoms with Crippen LogP contribution in [0.3, 0.4) is 0 Å². The van der Waals surface area contributed by atoms with Gasteiger partial charge < -0.3 is 5.11 Å². The minimum atomic E-state index is -0.847. The Bertz CT molecular complexity index is 191. The molecule has 0 aliphatic carbocycles. The third kappa shape index (κ3) is 2.46. The molecule has 54 valence electrons. The molecule has 1 N–H and O–H groups in total. The fraction of sp³-hybridized carbons (Fsp3) is 0. The van der Waals surface area contributed by atoms with Crippen LogP contribution in [0.4, 0.5) is 0 Å². The first-order valence-electron chi connectivity index (χ1n) is 2.57. The highest BCUT2D eigenvalue weighted by Crippen LogP contribution is 2.06. The smallest absolute Gasteiger partial charge is 0.345 e. The molecule has 0 radical (unpaired) electrons. The molecule has 0 unspecified atom stereocenters. The summed E-state index contributed by atoms with van der Waals surface area (Å²) in [6.45, 7) is 6.00. The van der Waals surface area contributed by atoms with Gasteiger partial charge in [-0.2, -0.15) is 0 Å². The SMILES string of the molecule is C=C.O=C(O)c1cccs1. The molecular formula is C7H8O2S. The second-order valence-corrected chi connectivity index (χ2v) is 2.23. The highest BCUT2D eigenvalue weighted by atomic mass is 32.1. The van der Waals surface area contributed by atoms with Crippen molar-refractivity contribution in [1.29, 1.82) is 0 Å². The van der Waals surface area contributed by atoms with Crippen molar-refractivity contribution in [3.63, 3.8) is 0 Å². The van der Waals surface area contributed by atoms with E-state index in [1.165, 1.54) is 11.3 Å². The molecule has 0 aromatic carbocycles. The van der Waals surface area contributed by atoms with Gasteiger partial charge in [0, 0.05) is 0 Å². The van der Waals surface area contributed by atoms with Crippen molar-refractivity contribution < 1.29 is 9.90 Å². The third-order valence-electron chi connectivity index (χ3n) is 0.732. The van der Waals surface area contributed by atoms with E-state index >= 15 is 0 Å². The van der Waals surface area contributed by atoms with Crippen molar-refractivity contribution in [3.8, 4) is 0 Å². The lowest BCUT2D eigenvalue weighted by atomic mass is 10.5. The molecule has 3 heteroatoms. The molecule has 10 heavy (non-hydrogen) atoms. The summed E-state index contributed by atoms with van der Waals surface area (Å²) in [5, 5.41) is 10.0. The molecule has 0 atom stereocenters. The number of aromatic carboxylic acids is 1. The van der Waals surface area contributed by atoms with E-state index in [4.69, 9.17) is 5.11 Å². The highest BCUT2D eigenvalue weighted by Gasteiger charge is 1.99. The molecule has 1 aromatic rings. The van der Waals surface area contributed by atoms with Crippen LogP contribution in [0.15, 0.2) is 30.7 Å². The molecule has 0 saturated heterocycles. The number of rotatable bonds is 1. The first-order valence-corrected chi connectivity index (χ1v) is 3.45. The van der Waals surface area contributed by atoms with Crippen LogP contribution < -0.4 is 0 Å². The Labute approximate surface area is 63.4 Å². The van der Waals surface area contributed by atoms with E-state index in [-0.39, 0.29) is 0 Å². The topological polar surface area (TPSA) is 37.3 Å². The summed E-state index contributed by atoms with van der Waals surface area (Å²) in [5.74, 6) is -0.847. The van der Waals surface area contributed by atoms with Crippen LogP contribution >= 0.6 is 11.3 Å². The van der Waals surface area contributed by atoms with Crippen molar-refractivity contribution in [2.24, 2.45) is 0 Å². The van der Waals surface area contributed by atoms with Crippen LogP contribution in [0.2, 0.25) is 0 Å². The van der Waals surface area contributed by atoms with Gasteiger partial charge >= 0.3 is 5.97 Å². The molecule has 0 fully saturated rings. The van der Waals surface area contributed by atoms with Gasteiger partial charge in [-0.15, -0.1) is 24.5 Å². The van der Waals surface area contributed by atoms with E-state index in [1.54, 1.807) is 17.5 Å². The van der Waals surface area contributed by atoms with Crippen molar-refractivity contribution in [2.45, 2.75) is 0 Å². The van der Waals surface area contributed by atoms with E-state index in [1.807, 2.05) is 0 Å². The highest BCUT2D eigenvalue weighted by molar-refractivity contribution is 7.11. The number of hydrogen-bond acceptors (Lipinski definition) is 2. The summed E-state index contributed by atoms with van der Waals surface area (Å²) in [5.41, 5.74) is 0. The molecular weight excluding hydrogens is 148 g/mol. The largest absolute Gasteiger partial charge is 0.477 e. The number of carboxylic acids is 1. The summed E-state index contributed by atoms with van der Waals surface area (Å²) in [7, 11) is 0. The average Bonchev–Trinajstić information content (AvgIpc) is 2.42. The maximum Gasteiger partial charge on any atom is 0.345 e. The van der Waals surface area contributed by atoms with Crippen LogP contribution in [0.5, 0.6) is 0 Å². The quantitative estimate of drug-likeness (QED) is 0.633. The molecule has 0 amide bonds. The molecule has 0 saturated carbocycles. The number of carboxylic acid groups (broad SMARTS) is 1. The second kappa shape index (κ2) is 4.76. The Hall–Kier alpha value is -1.09. The minimum absolute atomic E-state index is 0.394. The van der Waals surface area contributed by atoms with E-state index < -0.39 is 5.97 Å². The first-order chi connectivity index (χ1) is 4.80. The van der Waals surface area contributed by atoms with E-state index in [9.17, 15) is 4.79 Å². The van der Waals surface area contributed by atoms with Crippen molar-refractivity contribution >= 4 is 17.3 Å². The minimum Gasteiger partial charge on any atom is -0.477 e. The zero-order valence-corrected chi connectivity index (χ0v) is 6.23. The van der Waals surface area contributed by atoms with Gasteiger partial charge in [0.15, 0.2) is 0 Å². The Morgan fingerprint density at radius 1 is 1.60 bits per heavy atom. The van der Waals surface area contributed by atoms with Gasteiger partial charge in [-0.25, -0.2) is 4.79 Å². The Balaban J connectivity index is 0.000000371. The van der Waals surface area contributed by atoms with Crippen molar-refractivity contribution in [3.05, 3.63) is 35.5 Å². The fourth-order valence-corrected chi connectivity index (χ4v) is 0.962. The molecule has 0 bridgehead atoms. The van der Waals surface area contributed by atoms with Crippen molar-refractivity contribution in [2.75, 3.05) is 0 Å². The maximum absolute atomic E-state index is 10.1. The van der Waals surface area contributed by atoms with E-state index in [0.29, 0.717) is 4.88 Å². The molecule has 0 spiro atoms. The van der Waals surface area contributed by atoms with Gasteiger partial charge in [0.2, 0.25) is 0 Å². The summed E-state index contributed by atoms with van der Waals surface area (Å²) < 4.78 is 0. The lowest BCUT2D eigenvalue weighted by Gasteiger charge is -1.78. The zero-order chi connectivity index (χ0) is 7.98. The normalized spacial score (nSPS) is 7.60. The van der Waals surface area contributed by atoms with Gasteiger partial charge in [-0.05, 0) is 11.4 Å². The van der Waals surface area contributed by atoms with Crippen LogP contribution in [-0.4, -0.2) is 11.1 Å². The molecule has 1 aromatic heterocycles. The number of thiophene rings is 1. The summed E-state index contributed by atoms with van der Waals surface area (Å²) in [6.07, 6.45) is 0. The summed E-state index contributed by atoms with van der Waals surface area (Å²) in [4.78, 5) is 10.5. The van der Waals surface area contributed by atoms with Gasteiger partial charge in [0.25, 0.3) is 0 Å². The Morgan fingerprint density at radius 2 is 2.20 bits per heavy atom. The number of hydrogen-bond donors (Lipinski definition) is 1. The molecule has 1 heterocycles. The third-order valence-corrected chi connectivity index (χ3v) is 1.59. The molecule has 2 nitrogen and oxygen atoms in total. The monoisotopic (exact) mass is 156 g/mol. The lowest BCUT2D eigenvalue weighted by molar-refractivity contribution is 0.0702. The van der Waals surface area contributed by atoms with Crippen LogP contribution in [-0.2, 0) is 0 Å². The predicted octanol–water partition coefficient (Wildman–Crippen LogP) is 2.25. The van der Waals surface area contributed by atoms with Gasteiger partial charge in [0.1, 0.15) is 4.88 Å². The average molecular weight is 156 g/mol. The van der Waals surface area contributed by atoms with Crippen LogP contribution in [0.25, 0.3) is 0 Å². The number of carbonyl (C=O) groups is 1. The standard InChI is InChI=1S/C5H4O2S.C2H4/c6-5(7)4-2-1-3-8-4;1-2/h1-3H,(H,6,7);1-2H2. The van der Waals surface area contributed by atoms with Crippen LogP contribution in [0.1, 0.15) is 9.67 Å². The van der Waals surface area contributed by atoms with Gasteiger partial charge in [-0.1, -0.05) is 6.07 Å². The fourth-order valence-electron chi connectivity index (χ4n) is 0.400. The van der Waals surface area contributed by atoms with E-state index in [2.05, 4.69) is 13.2 Å². The van der Waals surface area contributed by atoms with Crippen LogP contribution in [0, 0.1) is 0 Å². The van der Waals surface area contributed by atoms with Crippen molar-refractivity contribution in [1.82, 2.24) is 0 Å². The summed E-state index contributed by atoms with van der Waals surface area (Å²) in [6, 6.07) is 3.29. The Kier molecular flexibility index (Phi) is 4.24. The molecule has 1 rings (SSSR count). The van der Waals surface area contributed by atoms with Gasteiger partial charge in [-0.3, -0.25) is 0 Å². The van der Waals surface area contributed by atoms with E-state index in [0.717, 1.165) is 0 Å². The predicted molar refractivity (Wildman–Crippen MR) is 42.5 cm³/mol. The first kappa shape index (κ1) is 8.91. The lowest BCUT2D eigenvalue weighted by Crippen LogP contribution is -1.89. The second-order valence-electron chi connectivity index (χ2n) is 1.28. The Morgan fingerprint density at radius 3 is 2.40 bits per heavy atom. The summed E-state index contributed by atoms with van der Waals surface area (Å²) >= 11 is 1.23. The zero-order valence-electron chi connectivity index (χ0n) is 5.41. The maximum atomic E-state index is 10.1.